The van der Waals surface area contributed by atoms with Crippen molar-refractivity contribution < 1.29 is 9.53 Å². The Bertz CT molecular complexity index is 1210. The number of aryl methyl sites for hydroxylation is 2. The highest BCUT2D eigenvalue weighted by molar-refractivity contribution is 5.95. The van der Waals surface area contributed by atoms with E-state index in [9.17, 15) is 4.79 Å². The molecule has 0 saturated carbocycles. The highest BCUT2D eigenvalue weighted by Crippen LogP contribution is 2.26. The van der Waals surface area contributed by atoms with E-state index in [1.807, 2.05) is 51.2 Å². The lowest BCUT2D eigenvalue weighted by molar-refractivity contribution is 0.0940. The molecule has 1 amide bonds. The molecule has 0 bridgehead atoms. The number of aromatic nitrogens is 5. The predicted octanol–water partition coefficient (Wildman–Crippen LogP) is 2.83. The number of hydrogen-bond acceptors (Lipinski definition) is 5. The van der Waals surface area contributed by atoms with Crippen LogP contribution in [0.5, 0.6) is 5.75 Å². The summed E-state index contributed by atoms with van der Waals surface area (Å²) in [6.07, 6.45) is 2.82. The van der Waals surface area contributed by atoms with Gasteiger partial charge in [0.05, 0.1) is 12.8 Å². The second-order valence-electron chi connectivity index (χ2n) is 7.42. The lowest BCUT2D eigenvalue weighted by Gasteiger charge is -2.14. The molecule has 0 aliphatic rings. The molecule has 2 aromatic heterocycles. The van der Waals surface area contributed by atoms with Gasteiger partial charge in [-0.3, -0.25) is 4.79 Å². The lowest BCUT2D eigenvalue weighted by Crippen LogP contribution is -2.34. The third kappa shape index (κ3) is 3.76. The third-order valence-corrected chi connectivity index (χ3v) is 5.16. The molecule has 0 aliphatic heterocycles. The molecule has 8 heteroatoms. The first-order valence-electron chi connectivity index (χ1n) is 9.74. The number of benzene rings is 2. The maximum Gasteiger partial charge on any atom is 0.251 e. The Kier molecular flexibility index (Phi) is 5.22. The molecule has 0 fully saturated rings. The Balaban J connectivity index is 1.51. The number of tetrazole rings is 1. The molecule has 2 aromatic carbocycles. The van der Waals surface area contributed by atoms with Gasteiger partial charge in [0.25, 0.3) is 5.91 Å². The van der Waals surface area contributed by atoms with Gasteiger partial charge in [0.15, 0.2) is 5.82 Å². The highest BCUT2D eigenvalue weighted by Gasteiger charge is 2.15. The van der Waals surface area contributed by atoms with E-state index in [0.717, 1.165) is 27.9 Å². The van der Waals surface area contributed by atoms with Gasteiger partial charge in [0, 0.05) is 35.8 Å². The molecule has 1 unspecified atom stereocenters. The molecule has 4 aromatic rings. The van der Waals surface area contributed by atoms with Crippen LogP contribution in [-0.2, 0) is 13.5 Å². The van der Waals surface area contributed by atoms with Crippen LogP contribution in [0.15, 0.2) is 48.7 Å². The van der Waals surface area contributed by atoms with Crippen molar-refractivity contribution in [1.29, 1.82) is 0 Å². The van der Waals surface area contributed by atoms with Crippen LogP contribution in [0, 0.1) is 6.92 Å². The fraction of sp³-hybridized carbons (Fsp3) is 0.273. The summed E-state index contributed by atoms with van der Waals surface area (Å²) in [5.74, 6) is 1.35. The average molecular weight is 404 g/mol. The van der Waals surface area contributed by atoms with Crippen molar-refractivity contribution in [1.82, 2.24) is 30.1 Å². The van der Waals surface area contributed by atoms with Gasteiger partial charge in [-0.2, -0.15) is 4.68 Å². The van der Waals surface area contributed by atoms with Gasteiger partial charge in [-0.25, -0.2) is 0 Å². The van der Waals surface area contributed by atoms with Gasteiger partial charge in [0.1, 0.15) is 5.75 Å². The summed E-state index contributed by atoms with van der Waals surface area (Å²) < 4.78 is 9.06. The molecule has 8 nitrogen and oxygen atoms in total. The zero-order valence-electron chi connectivity index (χ0n) is 17.5. The van der Waals surface area contributed by atoms with Crippen molar-refractivity contribution in [2.45, 2.75) is 26.3 Å². The molecule has 0 radical (unpaired) electrons. The van der Waals surface area contributed by atoms with Crippen LogP contribution in [-0.4, -0.2) is 43.8 Å². The topological polar surface area (TPSA) is 86.9 Å². The van der Waals surface area contributed by atoms with E-state index in [1.165, 1.54) is 0 Å². The van der Waals surface area contributed by atoms with Crippen molar-refractivity contribution in [3.63, 3.8) is 0 Å². The van der Waals surface area contributed by atoms with E-state index >= 15 is 0 Å². The zero-order chi connectivity index (χ0) is 21.3. The first-order chi connectivity index (χ1) is 14.5. The average Bonchev–Trinajstić information content (AvgIpc) is 3.30. The van der Waals surface area contributed by atoms with Crippen molar-refractivity contribution >= 4 is 16.8 Å². The van der Waals surface area contributed by atoms with Crippen LogP contribution in [0.1, 0.15) is 28.7 Å². The Morgan fingerprint density at radius 3 is 2.80 bits per heavy atom. The number of hydrogen-bond donors (Lipinski definition) is 1. The molecular weight excluding hydrogens is 380 g/mol. The van der Waals surface area contributed by atoms with Gasteiger partial charge in [-0.05, 0) is 72.7 Å². The maximum absolute atomic E-state index is 12.8. The van der Waals surface area contributed by atoms with Crippen molar-refractivity contribution in [3.05, 3.63) is 65.6 Å². The van der Waals surface area contributed by atoms with Crippen molar-refractivity contribution in [2.75, 3.05) is 7.11 Å². The summed E-state index contributed by atoms with van der Waals surface area (Å²) >= 11 is 0. The molecular formula is C22H24N6O2. The Labute approximate surface area is 174 Å². The predicted molar refractivity (Wildman–Crippen MR) is 114 cm³/mol. The van der Waals surface area contributed by atoms with Crippen LogP contribution >= 0.6 is 0 Å². The molecule has 0 aliphatic carbocycles. The van der Waals surface area contributed by atoms with Crippen molar-refractivity contribution in [3.8, 4) is 11.4 Å². The highest BCUT2D eigenvalue weighted by atomic mass is 16.5. The van der Waals surface area contributed by atoms with E-state index in [1.54, 1.807) is 23.9 Å². The number of fused-ring (bicyclic) bond motifs is 1. The lowest BCUT2D eigenvalue weighted by atomic mass is 10.1. The standard InChI is InChI=1S/C22H24N6O2/c1-14(10-17-13-27(3)21-9-8-19(30-4)12-20(17)21)23-22(29)16-6-5-7-18(11-16)28-15(2)24-25-26-28/h5-9,11-14H,10H2,1-4H3,(H,23,29). The fourth-order valence-electron chi connectivity index (χ4n) is 3.68. The van der Waals surface area contributed by atoms with E-state index in [4.69, 9.17) is 4.74 Å². The number of nitrogens with zero attached hydrogens (tertiary/aromatic N) is 5. The summed E-state index contributed by atoms with van der Waals surface area (Å²) in [5, 5.41) is 15.7. The Morgan fingerprint density at radius 2 is 2.07 bits per heavy atom. The second kappa shape index (κ2) is 7.98. The summed E-state index contributed by atoms with van der Waals surface area (Å²) in [5.41, 5.74) is 3.61. The molecule has 0 spiro atoms. The number of amides is 1. The summed E-state index contributed by atoms with van der Waals surface area (Å²) in [7, 11) is 3.69. The van der Waals surface area contributed by atoms with Gasteiger partial charge in [-0.1, -0.05) is 6.07 Å². The Morgan fingerprint density at radius 1 is 1.23 bits per heavy atom. The number of nitrogens with one attached hydrogen (secondary N) is 1. The quantitative estimate of drug-likeness (QED) is 0.534. The fourth-order valence-corrected chi connectivity index (χ4v) is 3.68. The SMILES string of the molecule is COc1ccc2c(c1)c(CC(C)NC(=O)c1cccc(-n3nnnc3C)c1)cn2C. The van der Waals surface area contributed by atoms with Crippen LogP contribution < -0.4 is 10.1 Å². The minimum Gasteiger partial charge on any atom is -0.497 e. The van der Waals surface area contributed by atoms with Gasteiger partial charge in [-0.15, -0.1) is 5.10 Å². The minimum absolute atomic E-state index is 0.0484. The minimum atomic E-state index is -0.132. The number of rotatable bonds is 6. The van der Waals surface area contributed by atoms with E-state index in [0.29, 0.717) is 17.8 Å². The van der Waals surface area contributed by atoms with E-state index < -0.39 is 0 Å². The number of ether oxygens (including phenoxy) is 1. The zero-order valence-corrected chi connectivity index (χ0v) is 17.5. The van der Waals surface area contributed by atoms with Crippen LogP contribution in [0.2, 0.25) is 0 Å². The second-order valence-corrected chi connectivity index (χ2v) is 7.42. The molecule has 154 valence electrons. The van der Waals surface area contributed by atoms with Gasteiger partial charge in [0.2, 0.25) is 0 Å². The summed E-state index contributed by atoms with van der Waals surface area (Å²) in [6.45, 7) is 3.82. The third-order valence-electron chi connectivity index (χ3n) is 5.16. The number of methoxy groups -OCH3 is 1. The first kappa shape index (κ1) is 19.6. The summed E-state index contributed by atoms with van der Waals surface area (Å²) in [4.78, 5) is 12.8. The van der Waals surface area contributed by atoms with Crippen LogP contribution in [0.25, 0.3) is 16.6 Å². The molecule has 2 heterocycles. The molecule has 0 saturated heterocycles. The van der Waals surface area contributed by atoms with Gasteiger partial charge < -0.3 is 14.6 Å². The number of carbonyl (C=O) groups is 1. The van der Waals surface area contributed by atoms with Crippen LogP contribution in [0.3, 0.4) is 0 Å². The monoisotopic (exact) mass is 404 g/mol. The van der Waals surface area contributed by atoms with Crippen LogP contribution in [0.4, 0.5) is 0 Å². The largest absolute Gasteiger partial charge is 0.497 e. The molecule has 1 atom stereocenters. The van der Waals surface area contributed by atoms with E-state index in [-0.39, 0.29) is 11.9 Å². The smallest absolute Gasteiger partial charge is 0.251 e. The normalized spacial score (nSPS) is 12.1. The number of carbonyl (C=O) groups excluding carboxylic acids is 1. The molecule has 4 rings (SSSR count). The summed E-state index contributed by atoms with van der Waals surface area (Å²) in [6, 6.07) is 13.3. The molecule has 1 N–H and O–H groups in total. The molecule has 30 heavy (non-hydrogen) atoms. The van der Waals surface area contributed by atoms with E-state index in [2.05, 4.69) is 31.6 Å². The van der Waals surface area contributed by atoms with Gasteiger partial charge >= 0.3 is 0 Å². The maximum atomic E-state index is 12.8. The Hall–Kier alpha value is -3.68. The first-order valence-corrected chi connectivity index (χ1v) is 9.74. The van der Waals surface area contributed by atoms with Crippen molar-refractivity contribution in [2.24, 2.45) is 7.05 Å².